The molecule has 4 aromatic rings. The molecule has 26 heavy (non-hydrogen) atoms. The summed E-state index contributed by atoms with van der Waals surface area (Å²) >= 11 is 0. The normalized spacial score (nSPS) is 10.8. The molecule has 0 fully saturated rings. The summed E-state index contributed by atoms with van der Waals surface area (Å²) in [6.07, 6.45) is -1.22. The summed E-state index contributed by atoms with van der Waals surface area (Å²) in [4.78, 5) is 0. The van der Waals surface area contributed by atoms with Crippen LogP contribution < -0.4 is 90.7 Å². The molecule has 0 saturated heterocycles. The molecule has 0 radical (unpaired) electrons. The zero-order valence-electron chi connectivity index (χ0n) is 15.1. The summed E-state index contributed by atoms with van der Waals surface area (Å²) in [5.74, 6) is 0. The summed E-state index contributed by atoms with van der Waals surface area (Å²) in [7, 11) is 0. The fourth-order valence-electron chi connectivity index (χ4n) is 4.12. The molecule has 120 valence electrons. The van der Waals surface area contributed by atoms with Gasteiger partial charge in [0.15, 0.2) is 0 Å². The summed E-state index contributed by atoms with van der Waals surface area (Å²) in [5, 5.41) is 0. The molecule has 4 aromatic carbocycles. The van der Waals surface area contributed by atoms with Crippen LogP contribution in [0.3, 0.4) is 0 Å². The van der Waals surface area contributed by atoms with Gasteiger partial charge < -0.3 is 0 Å². The molecule has 0 aliphatic heterocycles. The van der Waals surface area contributed by atoms with Crippen molar-refractivity contribution in [3.63, 3.8) is 0 Å². The van der Waals surface area contributed by atoms with E-state index in [9.17, 15) is 0 Å². The number of hydrogen-bond donors (Lipinski definition) is 0. The van der Waals surface area contributed by atoms with E-state index >= 15 is 0 Å². The fourth-order valence-corrected chi connectivity index (χ4v) is 4.12. The van der Waals surface area contributed by atoms with E-state index in [1.54, 1.807) is 0 Å². The van der Waals surface area contributed by atoms with E-state index < -0.39 is 6.15 Å². The third-order valence-electron chi connectivity index (χ3n) is 5.20. The van der Waals surface area contributed by atoms with Crippen LogP contribution in [-0.4, -0.2) is 6.15 Å². The summed E-state index contributed by atoms with van der Waals surface area (Å²) in [6.45, 7) is 0. The Morgan fingerprint density at radius 2 is 0.500 bits per heavy atom. The van der Waals surface area contributed by atoms with Crippen molar-refractivity contribution in [3.05, 3.63) is 121 Å². The minimum Gasteiger partial charge on any atom is -0.195 e. The molecule has 0 atom stereocenters. The van der Waals surface area contributed by atoms with E-state index in [2.05, 4.69) is 121 Å². The van der Waals surface area contributed by atoms with Crippen molar-refractivity contribution in [1.29, 1.82) is 0 Å². The van der Waals surface area contributed by atoms with Crippen molar-refractivity contribution in [1.82, 2.24) is 0 Å². The van der Waals surface area contributed by atoms with Crippen molar-refractivity contribution in [2.24, 2.45) is 0 Å². The first-order chi connectivity index (χ1) is 12.4. The van der Waals surface area contributed by atoms with E-state index in [1.807, 2.05) is 0 Å². The summed E-state index contributed by atoms with van der Waals surface area (Å²) < 4.78 is 0. The third kappa shape index (κ3) is 3.68. The third-order valence-corrected chi connectivity index (χ3v) is 5.20. The maximum absolute atomic E-state index is 2.26. The Kier molecular flexibility index (Phi) is 7.04. The van der Waals surface area contributed by atoms with Gasteiger partial charge in [-0.05, 0) is 0 Å². The first-order valence-corrected chi connectivity index (χ1v) is 8.80. The first-order valence-electron chi connectivity index (χ1n) is 8.80. The van der Waals surface area contributed by atoms with Crippen LogP contribution >= 0.6 is 0 Å². The van der Waals surface area contributed by atoms with Gasteiger partial charge in [0.2, 0.25) is 0 Å². The largest absolute Gasteiger partial charge is 1.00 e. The van der Waals surface area contributed by atoms with Gasteiger partial charge in [-0.25, -0.2) is 0 Å². The zero-order chi connectivity index (χ0) is 17.0. The van der Waals surface area contributed by atoms with Crippen molar-refractivity contribution in [2.45, 2.75) is 0 Å². The van der Waals surface area contributed by atoms with Crippen LogP contribution in [0.1, 0.15) is 0 Å². The molecule has 0 aromatic heterocycles. The second-order valence-corrected chi connectivity index (χ2v) is 6.51. The van der Waals surface area contributed by atoms with E-state index in [-0.39, 0.29) is 68.9 Å². The molecule has 2 heteroatoms. The van der Waals surface area contributed by atoms with Gasteiger partial charge in [-0.3, -0.25) is 0 Å². The van der Waals surface area contributed by atoms with Crippen LogP contribution in [0, 0.1) is 0 Å². The van der Waals surface area contributed by atoms with Gasteiger partial charge in [0.05, 0.1) is 0 Å². The van der Waals surface area contributed by atoms with Crippen molar-refractivity contribution in [3.8, 4) is 0 Å². The molecule has 0 bridgehead atoms. The fraction of sp³-hybridized carbons (Fsp3) is 0. The van der Waals surface area contributed by atoms with Gasteiger partial charge in [-0.15, -0.1) is 0 Å². The van der Waals surface area contributed by atoms with E-state index in [4.69, 9.17) is 0 Å². The average Bonchev–Trinajstić information content (AvgIpc) is 2.72. The molecule has 0 unspecified atom stereocenters. The Labute approximate surface area is 215 Å². The van der Waals surface area contributed by atoms with Gasteiger partial charge in [0.25, 0.3) is 0 Å². The summed E-state index contributed by atoms with van der Waals surface area (Å²) in [6, 6.07) is 43.5. The molecular weight excluding hydrogens is 432 g/mol. The van der Waals surface area contributed by atoms with Crippen molar-refractivity contribution >= 4 is 28.0 Å². The maximum Gasteiger partial charge on any atom is 1.00 e. The first kappa shape index (κ1) is 19.8. The van der Waals surface area contributed by atoms with E-state index in [0.29, 0.717) is 0 Å². The number of rotatable bonds is 4. The van der Waals surface area contributed by atoms with Gasteiger partial charge in [0.1, 0.15) is 6.15 Å². The van der Waals surface area contributed by atoms with Crippen molar-refractivity contribution in [2.75, 3.05) is 0 Å². The van der Waals surface area contributed by atoms with Crippen molar-refractivity contribution < 1.29 is 68.9 Å². The zero-order valence-corrected chi connectivity index (χ0v) is 21.4. The molecular formula is C24H20BCs. The molecule has 0 aliphatic carbocycles. The summed E-state index contributed by atoms with van der Waals surface area (Å²) in [5.41, 5.74) is 5.36. The smallest absolute Gasteiger partial charge is 0.195 e. The standard InChI is InChI=1S/C24H20B.Cs/c1-5-13-21(14-6-1)25(22-15-7-2-8-16-22,23-17-9-3-10-18-23)24-19-11-4-12-20-24;/h1-20H;/q-1;+1. The Morgan fingerprint density at radius 1 is 0.308 bits per heavy atom. The number of benzene rings is 4. The van der Waals surface area contributed by atoms with E-state index in [1.165, 1.54) is 21.9 Å². The molecule has 4 rings (SSSR count). The molecule has 0 heterocycles. The monoisotopic (exact) mass is 452 g/mol. The van der Waals surface area contributed by atoms with Crippen LogP contribution in [0.2, 0.25) is 0 Å². The molecule has 0 aliphatic rings. The Morgan fingerprint density at radius 3 is 0.692 bits per heavy atom. The van der Waals surface area contributed by atoms with E-state index in [0.717, 1.165) is 0 Å². The maximum atomic E-state index is 2.26. The molecule has 0 saturated carbocycles. The van der Waals surface area contributed by atoms with Crippen LogP contribution in [0.5, 0.6) is 0 Å². The Bertz CT molecular complexity index is 759. The van der Waals surface area contributed by atoms with Crippen LogP contribution in [0.15, 0.2) is 121 Å². The topological polar surface area (TPSA) is 0 Å². The van der Waals surface area contributed by atoms with Gasteiger partial charge in [-0.1, -0.05) is 121 Å². The minimum atomic E-state index is -1.22. The molecule has 0 spiro atoms. The van der Waals surface area contributed by atoms with Gasteiger partial charge in [0, 0.05) is 0 Å². The van der Waals surface area contributed by atoms with Crippen LogP contribution in [0.4, 0.5) is 0 Å². The van der Waals surface area contributed by atoms with Gasteiger partial charge >= 0.3 is 68.9 Å². The Balaban J connectivity index is 0.00000196. The second-order valence-electron chi connectivity index (χ2n) is 6.51. The minimum absolute atomic E-state index is 0. The number of hydrogen-bond acceptors (Lipinski definition) is 0. The predicted molar refractivity (Wildman–Crippen MR) is 110 cm³/mol. The average molecular weight is 452 g/mol. The van der Waals surface area contributed by atoms with Crippen LogP contribution in [-0.2, 0) is 0 Å². The molecule has 0 amide bonds. The SMILES string of the molecule is [Cs+].c1ccc([B-](c2ccccc2)(c2ccccc2)c2ccccc2)cc1. The Hall–Kier alpha value is -1.00. The van der Waals surface area contributed by atoms with Gasteiger partial charge in [-0.2, -0.15) is 21.9 Å². The quantitative estimate of drug-likeness (QED) is 0.385. The second kappa shape index (κ2) is 9.27. The van der Waals surface area contributed by atoms with Crippen LogP contribution in [0.25, 0.3) is 0 Å². The molecule has 0 nitrogen and oxygen atoms in total. The predicted octanol–water partition coefficient (Wildman–Crippen LogP) is 0.0680. The molecule has 0 N–H and O–H groups in total.